The highest BCUT2D eigenvalue weighted by Gasteiger charge is 2.41. The molecule has 10 nitrogen and oxygen atoms in total. The fourth-order valence-electron chi connectivity index (χ4n) is 8.65. The number of carbonyl (C=O) groups is 2. The highest BCUT2D eigenvalue weighted by atomic mass is 16.6. The van der Waals surface area contributed by atoms with Gasteiger partial charge >= 0.3 is 6.09 Å². The van der Waals surface area contributed by atoms with Crippen molar-refractivity contribution < 1.29 is 19.1 Å². The van der Waals surface area contributed by atoms with Gasteiger partial charge in [-0.3, -0.25) is 19.3 Å². The van der Waals surface area contributed by atoms with Crippen molar-refractivity contribution in [3.63, 3.8) is 0 Å². The summed E-state index contributed by atoms with van der Waals surface area (Å²) in [6.45, 7) is 13.9. The Balaban J connectivity index is 0.910. The lowest BCUT2D eigenvalue weighted by molar-refractivity contribution is -0.120. The van der Waals surface area contributed by atoms with E-state index in [2.05, 4.69) is 44.6 Å². The molecule has 3 saturated heterocycles. The smallest absolute Gasteiger partial charge is 0.410 e. The number of aromatic nitrogens is 2. The number of benzene rings is 1. The molecule has 6 aliphatic rings. The summed E-state index contributed by atoms with van der Waals surface area (Å²) in [4.78, 5) is 35.1. The number of fused-ring (bicyclic) bond motifs is 1. The minimum atomic E-state index is -0.449. The molecule has 2 aliphatic carbocycles. The van der Waals surface area contributed by atoms with Crippen LogP contribution in [-0.2, 0) is 16.0 Å². The molecule has 0 bridgehead atoms. The van der Waals surface area contributed by atoms with Crippen LogP contribution in [-0.4, -0.2) is 106 Å². The van der Waals surface area contributed by atoms with Crippen LogP contribution in [0.1, 0.15) is 104 Å². The second-order valence-corrected chi connectivity index (χ2v) is 16.8. The van der Waals surface area contributed by atoms with E-state index in [0.29, 0.717) is 24.0 Å². The predicted octanol–water partition coefficient (Wildman–Crippen LogP) is 6.28. The van der Waals surface area contributed by atoms with Gasteiger partial charge in [0.1, 0.15) is 11.4 Å². The van der Waals surface area contributed by atoms with E-state index in [1.807, 2.05) is 31.9 Å². The van der Waals surface area contributed by atoms with E-state index in [-0.39, 0.29) is 24.2 Å². The highest BCUT2D eigenvalue weighted by Crippen LogP contribution is 2.46. The largest absolute Gasteiger partial charge is 0.489 e. The Bertz CT molecular complexity index is 1530. The van der Waals surface area contributed by atoms with Crippen LogP contribution in [0.5, 0.6) is 5.75 Å². The number of likely N-dealkylation sites (tertiary alicyclic amines) is 3. The number of anilines is 1. The lowest BCUT2D eigenvalue weighted by Gasteiger charge is -2.49. The van der Waals surface area contributed by atoms with Gasteiger partial charge in [0.05, 0.1) is 24.0 Å². The Morgan fingerprint density at radius 2 is 1.61 bits per heavy atom. The molecule has 2 saturated carbocycles. The number of nitrogens with zero attached hydrogens (tertiary/aromatic N) is 6. The third-order valence-corrected chi connectivity index (χ3v) is 12.0. The molecular formula is C39H56N6O4. The molecule has 5 fully saturated rings. The first-order valence-corrected chi connectivity index (χ1v) is 19.3. The molecule has 2 atom stereocenters. The SMILES string of the molecule is C[C@H]1CCc2c(ccc(-c3cnn(C4CCN(C5CCCN(C6CN(C(=O)OC(C)(C)C)C6)C5)CC4)c3)c2OC2CCC2)N1C(=O)C1CC1. The topological polar surface area (TPSA) is 83.4 Å². The number of hydrogen-bond acceptors (Lipinski definition) is 7. The van der Waals surface area contributed by atoms with E-state index >= 15 is 0 Å². The maximum Gasteiger partial charge on any atom is 0.410 e. The fourth-order valence-corrected chi connectivity index (χ4v) is 8.65. The Labute approximate surface area is 292 Å². The van der Waals surface area contributed by atoms with Crippen molar-refractivity contribution in [2.45, 2.75) is 134 Å². The molecular weight excluding hydrogens is 616 g/mol. The van der Waals surface area contributed by atoms with Gasteiger partial charge in [-0.25, -0.2) is 4.79 Å². The lowest BCUT2D eigenvalue weighted by Crippen LogP contribution is -2.64. The molecule has 10 heteroatoms. The predicted molar refractivity (Wildman–Crippen MR) is 190 cm³/mol. The second kappa shape index (κ2) is 13.2. The van der Waals surface area contributed by atoms with Gasteiger partial charge in [0.25, 0.3) is 0 Å². The van der Waals surface area contributed by atoms with Crippen LogP contribution in [0.25, 0.3) is 11.1 Å². The van der Waals surface area contributed by atoms with E-state index in [4.69, 9.17) is 14.6 Å². The van der Waals surface area contributed by atoms with Crippen LogP contribution in [0.2, 0.25) is 0 Å². The molecule has 4 aliphatic heterocycles. The molecule has 1 unspecified atom stereocenters. The van der Waals surface area contributed by atoms with Crippen molar-refractivity contribution in [3.8, 4) is 16.9 Å². The van der Waals surface area contributed by atoms with E-state index in [9.17, 15) is 9.59 Å². The zero-order valence-corrected chi connectivity index (χ0v) is 30.1. The minimum Gasteiger partial charge on any atom is -0.489 e. The van der Waals surface area contributed by atoms with Gasteiger partial charge < -0.3 is 19.3 Å². The molecule has 1 aromatic heterocycles. The molecule has 0 radical (unpaired) electrons. The molecule has 0 spiro atoms. The molecule has 2 amide bonds. The Kier molecular flexibility index (Phi) is 8.92. The van der Waals surface area contributed by atoms with Crippen LogP contribution >= 0.6 is 0 Å². The molecule has 266 valence electrons. The molecule has 2 aromatic rings. The molecule has 5 heterocycles. The number of amides is 2. The van der Waals surface area contributed by atoms with Gasteiger partial charge in [-0.05, 0) is 117 Å². The molecule has 0 N–H and O–H groups in total. The van der Waals surface area contributed by atoms with Gasteiger partial charge in [-0.15, -0.1) is 0 Å². The van der Waals surface area contributed by atoms with Crippen LogP contribution in [0, 0.1) is 5.92 Å². The number of ether oxygens (including phenoxy) is 2. The number of rotatable bonds is 7. The van der Waals surface area contributed by atoms with Crippen LogP contribution in [0.3, 0.4) is 0 Å². The highest BCUT2D eigenvalue weighted by molar-refractivity contribution is 5.99. The summed E-state index contributed by atoms with van der Waals surface area (Å²) in [6.07, 6.45) is 16.4. The number of hydrogen-bond donors (Lipinski definition) is 0. The Morgan fingerprint density at radius 3 is 2.31 bits per heavy atom. The van der Waals surface area contributed by atoms with E-state index < -0.39 is 5.60 Å². The lowest BCUT2D eigenvalue weighted by atomic mass is 9.91. The molecule has 8 rings (SSSR count). The van der Waals surface area contributed by atoms with Crippen molar-refractivity contribution >= 4 is 17.7 Å². The summed E-state index contributed by atoms with van der Waals surface area (Å²) in [7, 11) is 0. The van der Waals surface area contributed by atoms with Gasteiger partial charge in [-0.1, -0.05) is 0 Å². The molecule has 1 aromatic carbocycles. The summed E-state index contributed by atoms with van der Waals surface area (Å²) in [5.74, 6) is 1.48. The normalized spacial score (nSPS) is 26.2. The van der Waals surface area contributed by atoms with E-state index in [1.54, 1.807) is 0 Å². The fraction of sp³-hybridized carbons (Fsp3) is 0.718. The summed E-state index contributed by atoms with van der Waals surface area (Å²) in [5.41, 5.74) is 4.05. The minimum absolute atomic E-state index is 0.184. The first-order chi connectivity index (χ1) is 23.6. The zero-order valence-electron chi connectivity index (χ0n) is 30.1. The van der Waals surface area contributed by atoms with Crippen molar-refractivity contribution in [3.05, 3.63) is 30.1 Å². The summed E-state index contributed by atoms with van der Waals surface area (Å²) in [6, 6.07) is 6.00. The van der Waals surface area contributed by atoms with Crippen molar-refractivity contribution in [1.29, 1.82) is 0 Å². The maximum atomic E-state index is 13.4. The number of piperidine rings is 2. The zero-order chi connectivity index (χ0) is 33.9. The van der Waals surface area contributed by atoms with Crippen LogP contribution in [0.15, 0.2) is 24.5 Å². The summed E-state index contributed by atoms with van der Waals surface area (Å²) in [5, 5.41) is 4.93. The van der Waals surface area contributed by atoms with Crippen LogP contribution < -0.4 is 9.64 Å². The second-order valence-electron chi connectivity index (χ2n) is 16.8. The quantitative estimate of drug-likeness (QED) is 0.343. The standard InChI is InChI=1S/C39H56N6O4/c1-26-10-13-34-35(45(26)37(46)27-11-12-27)15-14-33(36(34)48-32-8-5-9-32)28-21-40-44(22-28)29-16-19-41(20-17-29)30-7-6-18-42(23-30)31-24-43(25-31)38(47)49-39(2,3)4/h14-15,21-22,26-27,29-32H,5-13,16-20,23-25H2,1-4H3/t26-,30?/m0/s1. The first kappa shape index (κ1) is 33.1. The number of carbonyl (C=O) groups excluding carboxylic acids is 2. The monoisotopic (exact) mass is 672 g/mol. The third-order valence-electron chi connectivity index (χ3n) is 12.0. The Morgan fingerprint density at radius 1 is 0.837 bits per heavy atom. The van der Waals surface area contributed by atoms with Crippen molar-refractivity contribution in [1.82, 2.24) is 24.5 Å². The van der Waals surface area contributed by atoms with Gasteiger partial charge in [-0.2, -0.15) is 5.10 Å². The first-order valence-electron chi connectivity index (χ1n) is 19.3. The van der Waals surface area contributed by atoms with Gasteiger partial charge in [0.15, 0.2) is 0 Å². The van der Waals surface area contributed by atoms with E-state index in [0.717, 1.165) is 113 Å². The molecule has 49 heavy (non-hydrogen) atoms. The summed E-state index contributed by atoms with van der Waals surface area (Å²) < 4.78 is 14.6. The van der Waals surface area contributed by atoms with E-state index in [1.165, 1.54) is 24.8 Å². The van der Waals surface area contributed by atoms with Gasteiger partial charge in [0.2, 0.25) is 5.91 Å². The van der Waals surface area contributed by atoms with Crippen molar-refractivity contribution in [2.75, 3.05) is 44.2 Å². The van der Waals surface area contributed by atoms with Crippen molar-refractivity contribution in [2.24, 2.45) is 5.92 Å². The third kappa shape index (κ3) is 6.84. The average molecular weight is 673 g/mol. The average Bonchev–Trinajstić information content (AvgIpc) is 3.77. The van der Waals surface area contributed by atoms with Gasteiger partial charge in [0, 0.05) is 79.7 Å². The summed E-state index contributed by atoms with van der Waals surface area (Å²) >= 11 is 0. The Hall–Kier alpha value is -3.11. The van der Waals surface area contributed by atoms with Crippen LogP contribution in [0.4, 0.5) is 10.5 Å². The maximum absolute atomic E-state index is 13.4.